The number of thiophene rings is 2. The van der Waals surface area contributed by atoms with Gasteiger partial charge in [0.2, 0.25) is 0 Å². The number of hydrogen-bond acceptors (Lipinski definition) is 6. The van der Waals surface area contributed by atoms with Gasteiger partial charge in [-0.25, -0.2) is 0 Å². The lowest BCUT2D eigenvalue weighted by atomic mass is 9.83. The Kier molecular flexibility index (Phi) is 6.50. The first-order valence-corrected chi connectivity index (χ1v) is 20.0. The first-order valence-electron chi connectivity index (χ1n) is 17.7. The van der Waals surface area contributed by atoms with Crippen molar-refractivity contribution in [3.05, 3.63) is 95.4 Å². The number of rotatable bonds is 5. The summed E-state index contributed by atoms with van der Waals surface area (Å²) in [5.41, 5.74) is 15.8. The highest BCUT2D eigenvalue weighted by molar-refractivity contribution is 7.19. The number of benzene rings is 6. The van der Waals surface area contributed by atoms with E-state index in [1.807, 2.05) is 22.7 Å². The van der Waals surface area contributed by atoms with Crippen LogP contribution in [0.25, 0.3) is 96.5 Å². The topological polar surface area (TPSA) is 56.7 Å². The predicted octanol–water partition coefficient (Wildman–Crippen LogP) is 13.3. The largest absolute Gasteiger partial charge is 0.338 e. The molecule has 2 N–H and O–H groups in total. The molecule has 0 saturated carbocycles. The van der Waals surface area contributed by atoms with Crippen molar-refractivity contribution >= 4 is 99.6 Å². The standard InChI is InChI=1S/C44H38N4S3/c1-22(2)48-31-20-29(25-12-8-10-23-24-11-9-13-26-30(44(6,7)45)21-32(48)40(38(24)26)39(31)37(23)25)35-17-16-33(49-35)27-14-15-28(42-41(27)46-51-47-42)34-18-19-36(50-34)43(3,4)5/h8-22H,45H2,1-7H3. The van der Waals surface area contributed by atoms with E-state index in [0.717, 1.165) is 22.2 Å². The zero-order valence-electron chi connectivity index (χ0n) is 29.8. The molecule has 0 aliphatic heterocycles. The van der Waals surface area contributed by atoms with Crippen LogP contribution in [-0.4, -0.2) is 13.3 Å². The van der Waals surface area contributed by atoms with Crippen LogP contribution in [0.15, 0.2) is 84.9 Å². The molecule has 7 heteroatoms. The van der Waals surface area contributed by atoms with E-state index in [-0.39, 0.29) is 11.5 Å². The molecule has 0 saturated heterocycles. The van der Waals surface area contributed by atoms with Crippen molar-refractivity contribution in [3.63, 3.8) is 0 Å². The summed E-state index contributed by atoms with van der Waals surface area (Å²) in [7, 11) is 0. The first kappa shape index (κ1) is 31.3. The molecular formula is C44H38N4S3. The Hall–Kier alpha value is -4.40. The summed E-state index contributed by atoms with van der Waals surface area (Å²) in [6.07, 6.45) is 0. The molecule has 4 aromatic heterocycles. The lowest BCUT2D eigenvalue weighted by Gasteiger charge is -2.24. The highest BCUT2D eigenvalue weighted by Gasteiger charge is 2.29. The summed E-state index contributed by atoms with van der Waals surface area (Å²) in [5, 5.41) is 10.6. The average Bonchev–Trinajstić information content (AvgIpc) is 3.91. The fourth-order valence-corrected chi connectivity index (χ4v) is 11.2. The van der Waals surface area contributed by atoms with Gasteiger partial charge in [0.25, 0.3) is 0 Å². The van der Waals surface area contributed by atoms with Crippen LogP contribution in [-0.2, 0) is 11.0 Å². The predicted molar refractivity (Wildman–Crippen MR) is 224 cm³/mol. The molecule has 0 aliphatic carbocycles. The van der Waals surface area contributed by atoms with Gasteiger partial charge >= 0.3 is 0 Å². The molecule has 0 spiro atoms. The fourth-order valence-electron chi connectivity index (χ4n) is 8.46. The minimum atomic E-state index is -0.481. The molecule has 6 aromatic carbocycles. The summed E-state index contributed by atoms with van der Waals surface area (Å²) < 4.78 is 12.2. The quantitative estimate of drug-likeness (QED) is 0.142. The van der Waals surface area contributed by atoms with Crippen LogP contribution in [0.5, 0.6) is 0 Å². The van der Waals surface area contributed by atoms with Crippen molar-refractivity contribution in [2.24, 2.45) is 5.73 Å². The molecular weight excluding hydrogens is 681 g/mol. The maximum Gasteiger partial charge on any atom is 0.114 e. The Morgan fingerprint density at radius 1 is 0.588 bits per heavy atom. The van der Waals surface area contributed by atoms with Crippen molar-refractivity contribution in [1.82, 2.24) is 13.3 Å². The molecule has 4 nitrogen and oxygen atoms in total. The van der Waals surface area contributed by atoms with Crippen LogP contribution in [0, 0.1) is 0 Å². The molecule has 10 aromatic rings. The van der Waals surface area contributed by atoms with E-state index >= 15 is 0 Å². The number of fused-ring (bicyclic) bond motifs is 2. The summed E-state index contributed by atoms with van der Waals surface area (Å²) in [6.45, 7) is 15.7. The van der Waals surface area contributed by atoms with Crippen molar-refractivity contribution in [3.8, 4) is 31.3 Å². The van der Waals surface area contributed by atoms with E-state index in [2.05, 4.69) is 138 Å². The molecule has 0 amide bonds. The van der Waals surface area contributed by atoms with E-state index in [0.29, 0.717) is 0 Å². The lowest BCUT2D eigenvalue weighted by Crippen LogP contribution is -2.29. The third-order valence-corrected chi connectivity index (χ3v) is 13.9. The fraction of sp³-hybridized carbons (Fsp3) is 0.227. The smallest absolute Gasteiger partial charge is 0.114 e. The van der Waals surface area contributed by atoms with Crippen molar-refractivity contribution in [2.45, 2.75) is 65.5 Å². The number of nitrogens with zero attached hydrogens (tertiary/aromatic N) is 3. The number of nitrogens with two attached hydrogens (primary N) is 1. The first-order chi connectivity index (χ1) is 24.4. The highest BCUT2D eigenvalue weighted by atomic mass is 32.1. The van der Waals surface area contributed by atoms with E-state index in [4.69, 9.17) is 14.5 Å². The Morgan fingerprint density at radius 3 is 1.71 bits per heavy atom. The molecule has 51 heavy (non-hydrogen) atoms. The molecule has 252 valence electrons. The van der Waals surface area contributed by atoms with Gasteiger partial charge in [0.1, 0.15) is 11.0 Å². The van der Waals surface area contributed by atoms with E-state index in [1.54, 1.807) is 0 Å². The summed E-state index contributed by atoms with van der Waals surface area (Å²) in [4.78, 5) is 5.08. The molecule has 10 rings (SSSR count). The molecule has 0 bridgehead atoms. The van der Waals surface area contributed by atoms with Gasteiger partial charge in [0.15, 0.2) is 0 Å². The van der Waals surface area contributed by atoms with E-state index < -0.39 is 5.54 Å². The van der Waals surface area contributed by atoms with Gasteiger partial charge in [-0.3, -0.25) is 0 Å². The van der Waals surface area contributed by atoms with Crippen molar-refractivity contribution in [2.75, 3.05) is 0 Å². The van der Waals surface area contributed by atoms with Gasteiger partial charge in [0.05, 0.1) is 22.8 Å². The van der Waals surface area contributed by atoms with Gasteiger partial charge < -0.3 is 10.3 Å². The second kappa shape index (κ2) is 10.6. The molecule has 0 atom stereocenters. The summed E-state index contributed by atoms with van der Waals surface area (Å²) >= 11 is 5.01. The van der Waals surface area contributed by atoms with Gasteiger partial charge in [-0.05, 0) is 102 Å². The Bertz CT molecular complexity index is 2970. The summed E-state index contributed by atoms with van der Waals surface area (Å²) in [6, 6.07) is 32.3. The SMILES string of the molecule is CC(C)n1c2cc(-c3ccc(-c4ccc(-c5ccc(C(C)(C)C)s5)c5nsnc45)s3)c3cccc4c5cccc6c(C(C)(C)N)cc1c(c65)c2c34. The van der Waals surface area contributed by atoms with E-state index in [9.17, 15) is 0 Å². The molecule has 4 heterocycles. The molecule has 0 radical (unpaired) electrons. The second-order valence-corrected chi connectivity index (χ2v) is 18.7. The number of aromatic nitrogens is 3. The van der Waals surface area contributed by atoms with Crippen molar-refractivity contribution in [1.29, 1.82) is 0 Å². The van der Waals surface area contributed by atoms with Gasteiger partial charge in [0, 0.05) is 63.9 Å². The Morgan fingerprint density at radius 2 is 1.12 bits per heavy atom. The average molecular weight is 719 g/mol. The maximum atomic E-state index is 6.89. The molecule has 0 unspecified atom stereocenters. The minimum absolute atomic E-state index is 0.117. The summed E-state index contributed by atoms with van der Waals surface area (Å²) in [5.74, 6) is 0. The Labute approximate surface area is 309 Å². The highest BCUT2D eigenvalue weighted by Crippen LogP contribution is 2.52. The molecule has 0 aliphatic rings. The zero-order valence-corrected chi connectivity index (χ0v) is 32.3. The van der Waals surface area contributed by atoms with Gasteiger partial charge in [-0.1, -0.05) is 69.3 Å². The second-order valence-electron chi connectivity index (χ2n) is 16.0. The zero-order chi connectivity index (χ0) is 35.1. The van der Waals surface area contributed by atoms with Crippen LogP contribution in [0.2, 0.25) is 0 Å². The van der Waals surface area contributed by atoms with Gasteiger partial charge in [-0.15, -0.1) is 22.7 Å². The third-order valence-electron chi connectivity index (χ3n) is 10.7. The van der Waals surface area contributed by atoms with Crippen molar-refractivity contribution < 1.29 is 0 Å². The maximum absolute atomic E-state index is 6.89. The lowest BCUT2D eigenvalue weighted by molar-refractivity contribution is 0.559. The van der Waals surface area contributed by atoms with Crippen LogP contribution < -0.4 is 5.73 Å². The van der Waals surface area contributed by atoms with E-state index in [1.165, 1.54) is 96.5 Å². The number of hydrogen-bond donors (Lipinski definition) is 1. The molecule has 0 fully saturated rings. The third kappa shape index (κ3) is 4.38. The Balaban J connectivity index is 1.21. The van der Waals surface area contributed by atoms with Crippen LogP contribution in [0.3, 0.4) is 0 Å². The van der Waals surface area contributed by atoms with Crippen LogP contribution >= 0.6 is 34.4 Å². The normalized spacial score (nSPS) is 13.3. The van der Waals surface area contributed by atoms with Gasteiger partial charge in [-0.2, -0.15) is 8.75 Å². The minimum Gasteiger partial charge on any atom is -0.338 e. The van der Waals surface area contributed by atoms with Crippen LogP contribution in [0.1, 0.15) is 64.9 Å². The monoisotopic (exact) mass is 718 g/mol. The van der Waals surface area contributed by atoms with Crippen LogP contribution in [0.4, 0.5) is 0 Å².